The molecule has 1 N–H and O–H groups in total. The lowest BCUT2D eigenvalue weighted by Gasteiger charge is -2.45. The summed E-state index contributed by atoms with van der Waals surface area (Å²) in [7, 11) is -2.51. The van der Waals surface area contributed by atoms with Gasteiger partial charge in [0.05, 0.1) is 6.10 Å². The minimum atomic E-state index is -2.51. The molecule has 3 heteroatoms. The molecule has 2 unspecified atom stereocenters. The van der Waals surface area contributed by atoms with E-state index in [1.165, 1.54) is 10.4 Å². The molecular formula is C22H32O2Si. The highest BCUT2D eigenvalue weighted by molar-refractivity contribution is 6.99. The average Bonchev–Trinajstić information content (AvgIpc) is 2.58. The van der Waals surface area contributed by atoms with E-state index in [9.17, 15) is 5.11 Å². The molecule has 0 spiro atoms. The zero-order chi connectivity index (χ0) is 18.5. The molecule has 25 heavy (non-hydrogen) atoms. The van der Waals surface area contributed by atoms with E-state index in [0.29, 0.717) is 6.42 Å². The summed E-state index contributed by atoms with van der Waals surface area (Å²) in [5.41, 5.74) is 0. The second-order valence-corrected chi connectivity index (χ2v) is 12.1. The van der Waals surface area contributed by atoms with Crippen LogP contribution in [0.1, 0.15) is 47.5 Å². The van der Waals surface area contributed by atoms with E-state index in [1.54, 1.807) is 0 Å². The summed E-state index contributed by atoms with van der Waals surface area (Å²) >= 11 is 0. The van der Waals surface area contributed by atoms with E-state index in [1.807, 2.05) is 6.92 Å². The van der Waals surface area contributed by atoms with E-state index in [4.69, 9.17) is 4.43 Å². The Labute approximate surface area is 154 Å². The van der Waals surface area contributed by atoms with Crippen LogP contribution in [0.2, 0.25) is 5.04 Å². The van der Waals surface area contributed by atoms with Crippen LogP contribution in [0.5, 0.6) is 0 Å². The Morgan fingerprint density at radius 1 is 0.920 bits per heavy atom. The summed E-state index contributed by atoms with van der Waals surface area (Å²) in [5, 5.41) is 12.5. The van der Waals surface area contributed by atoms with Crippen LogP contribution >= 0.6 is 0 Å². The third-order valence-corrected chi connectivity index (χ3v) is 9.91. The van der Waals surface area contributed by atoms with Gasteiger partial charge in [-0.2, -0.15) is 0 Å². The van der Waals surface area contributed by atoms with Crippen molar-refractivity contribution >= 4 is 18.7 Å². The van der Waals surface area contributed by atoms with Gasteiger partial charge < -0.3 is 9.53 Å². The SMILES string of the molecule is CCC(CC(C)O)O[Si](c1ccccc1)(c1ccccc1)C(C)(C)C. The highest BCUT2D eigenvalue weighted by Gasteiger charge is 2.51. The van der Waals surface area contributed by atoms with Gasteiger partial charge in [0.1, 0.15) is 0 Å². The van der Waals surface area contributed by atoms with E-state index in [-0.39, 0.29) is 17.2 Å². The molecule has 0 aliphatic carbocycles. The van der Waals surface area contributed by atoms with Gasteiger partial charge in [-0.05, 0) is 35.2 Å². The first-order valence-electron chi connectivity index (χ1n) is 9.28. The van der Waals surface area contributed by atoms with Gasteiger partial charge in [0.25, 0.3) is 8.32 Å². The molecule has 0 bridgehead atoms. The van der Waals surface area contributed by atoms with Crippen molar-refractivity contribution in [2.24, 2.45) is 0 Å². The lowest BCUT2D eigenvalue weighted by atomic mass is 10.1. The molecule has 0 saturated heterocycles. The molecule has 2 aromatic carbocycles. The standard InChI is InChI=1S/C22H32O2Si/c1-6-19(17-18(2)23)24-25(22(3,4)5,20-13-9-7-10-14-20)21-15-11-8-12-16-21/h7-16,18-19,23H,6,17H2,1-5H3. The quantitative estimate of drug-likeness (QED) is 0.757. The van der Waals surface area contributed by atoms with Crippen LogP contribution in [-0.2, 0) is 4.43 Å². The van der Waals surface area contributed by atoms with Crippen molar-refractivity contribution < 1.29 is 9.53 Å². The molecule has 0 aliphatic rings. The van der Waals surface area contributed by atoms with Gasteiger partial charge in [-0.3, -0.25) is 0 Å². The molecule has 0 heterocycles. The zero-order valence-electron chi connectivity index (χ0n) is 16.2. The Hall–Kier alpha value is -1.42. The summed E-state index contributed by atoms with van der Waals surface area (Å²) in [4.78, 5) is 0. The molecule has 2 rings (SSSR count). The van der Waals surface area contributed by atoms with Gasteiger partial charge in [-0.15, -0.1) is 0 Å². The molecule has 2 aromatic rings. The fourth-order valence-corrected chi connectivity index (χ4v) is 8.40. The number of hydrogen-bond acceptors (Lipinski definition) is 2. The van der Waals surface area contributed by atoms with Gasteiger partial charge in [0.15, 0.2) is 0 Å². The average molecular weight is 357 g/mol. The fourth-order valence-electron chi connectivity index (χ4n) is 3.62. The monoisotopic (exact) mass is 356 g/mol. The Morgan fingerprint density at radius 2 is 1.36 bits per heavy atom. The van der Waals surface area contributed by atoms with Crippen molar-refractivity contribution in [2.45, 2.75) is 64.7 Å². The van der Waals surface area contributed by atoms with Crippen molar-refractivity contribution in [3.8, 4) is 0 Å². The normalized spacial score (nSPS) is 15.0. The minimum Gasteiger partial charge on any atom is -0.404 e. The first-order valence-corrected chi connectivity index (χ1v) is 11.2. The van der Waals surface area contributed by atoms with E-state index >= 15 is 0 Å². The topological polar surface area (TPSA) is 29.5 Å². The molecular weight excluding hydrogens is 324 g/mol. The van der Waals surface area contributed by atoms with Crippen LogP contribution < -0.4 is 10.4 Å². The van der Waals surface area contributed by atoms with E-state index < -0.39 is 8.32 Å². The van der Waals surface area contributed by atoms with Gasteiger partial charge in [0.2, 0.25) is 0 Å². The van der Waals surface area contributed by atoms with Crippen LogP contribution in [0.25, 0.3) is 0 Å². The molecule has 2 nitrogen and oxygen atoms in total. The van der Waals surface area contributed by atoms with Crippen LogP contribution in [0.15, 0.2) is 60.7 Å². The van der Waals surface area contributed by atoms with Crippen LogP contribution in [0.3, 0.4) is 0 Å². The molecule has 0 aromatic heterocycles. The number of hydrogen-bond donors (Lipinski definition) is 1. The molecule has 0 amide bonds. The molecule has 0 fully saturated rings. The van der Waals surface area contributed by atoms with Crippen molar-refractivity contribution in [3.05, 3.63) is 60.7 Å². The number of benzene rings is 2. The van der Waals surface area contributed by atoms with Crippen molar-refractivity contribution in [1.29, 1.82) is 0 Å². The van der Waals surface area contributed by atoms with Crippen LogP contribution in [-0.4, -0.2) is 25.6 Å². The van der Waals surface area contributed by atoms with Gasteiger partial charge in [-0.1, -0.05) is 88.4 Å². The fraction of sp³-hybridized carbons (Fsp3) is 0.455. The number of rotatable bonds is 7. The minimum absolute atomic E-state index is 0.0260. The maximum atomic E-state index is 9.93. The number of aliphatic hydroxyl groups is 1. The van der Waals surface area contributed by atoms with Gasteiger partial charge >= 0.3 is 0 Å². The predicted octanol–water partition coefficient (Wildman–Crippen LogP) is 4.11. The first-order chi connectivity index (χ1) is 11.8. The molecule has 136 valence electrons. The summed E-state index contributed by atoms with van der Waals surface area (Å²) < 4.78 is 7.01. The molecule has 2 atom stereocenters. The molecule has 0 saturated carbocycles. The first kappa shape index (κ1) is 19.9. The third kappa shape index (κ3) is 4.41. The lowest BCUT2D eigenvalue weighted by molar-refractivity contribution is 0.0970. The highest BCUT2D eigenvalue weighted by atomic mass is 28.4. The Morgan fingerprint density at radius 3 is 1.68 bits per heavy atom. The zero-order valence-corrected chi connectivity index (χ0v) is 17.2. The smallest absolute Gasteiger partial charge is 0.261 e. The predicted molar refractivity (Wildman–Crippen MR) is 109 cm³/mol. The molecule has 0 radical (unpaired) electrons. The van der Waals surface area contributed by atoms with Gasteiger partial charge in [-0.25, -0.2) is 0 Å². The van der Waals surface area contributed by atoms with Crippen molar-refractivity contribution in [2.75, 3.05) is 0 Å². The summed E-state index contributed by atoms with van der Waals surface area (Å²) in [5.74, 6) is 0. The second kappa shape index (κ2) is 8.30. The second-order valence-electron chi connectivity index (χ2n) is 7.90. The lowest BCUT2D eigenvalue weighted by Crippen LogP contribution is -2.67. The maximum Gasteiger partial charge on any atom is 0.261 e. The largest absolute Gasteiger partial charge is 0.404 e. The van der Waals surface area contributed by atoms with Crippen LogP contribution in [0.4, 0.5) is 0 Å². The summed E-state index contributed by atoms with van der Waals surface area (Å²) in [6.45, 7) is 10.8. The highest BCUT2D eigenvalue weighted by Crippen LogP contribution is 2.38. The summed E-state index contributed by atoms with van der Waals surface area (Å²) in [6, 6.07) is 21.4. The molecule has 0 aliphatic heterocycles. The summed E-state index contributed by atoms with van der Waals surface area (Å²) in [6.07, 6.45) is 1.26. The Balaban J connectivity index is 2.64. The third-order valence-electron chi connectivity index (χ3n) is 4.82. The van der Waals surface area contributed by atoms with E-state index in [0.717, 1.165) is 6.42 Å². The Kier molecular flexibility index (Phi) is 6.61. The van der Waals surface area contributed by atoms with Crippen molar-refractivity contribution in [3.63, 3.8) is 0 Å². The number of aliphatic hydroxyl groups excluding tert-OH is 1. The van der Waals surface area contributed by atoms with Crippen molar-refractivity contribution in [1.82, 2.24) is 0 Å². The Bertz CT molecular complexity index is 593. The van der Waals surface area contributed by atoms with Crippen LogP contribution in [0, 0.1) is 0 Å². The van der Waals surface area contributed by atoms with Gasteiger partial charge in [0, 0.05) is 6.10 Å². The van der Waals surface area contributed by atoms with E-state index in [2.05, 4.69) is 88.4 Å². The maximum absolute atomic E-state index is 9.93.